The minimum Gasteiger partial charge on any atom is -0.396 e. The molecule has 0 spiro atoms. The second-order valence-corrected chi connectivity index (χ2v) is 7.41. The van der Waals surface area contributed by atoms with E-state index in [1.165, 1.54) is 0 Å². The van der Waals surface area contributed by atoms with E-state index in [2.05, 4.69) is 11.6 Å². The maximum absolute atomic E-state index is 13.3. The van der Waals surface area contributed by atoms with Crippen molar-refractivity contribution in [2.45, 2.75) is 32.9 Å². The van der Waals surface area contributed by atoms with Gasteiger partial charge in [0.05, 0.1) is 0 Å². The Bertz CT molecular complexity index is 860. The molecule has 0 aliphatic carbocycles. The molecule has 1 aliphatic heterocycles. The zero-order valence-corrected chi connectivity index (χ0v) is 16.7. The molecule has 0 radical (unpaired) electrons. The fourth-order valence-corrected chi connectivity index (χ4v) is 3.36. The van der Waals surface area contributed by atoms with Crippen molar-refractivity contribution in [3.63, 3.8) is 0 Å². The first-order chi connectivity index (χ1) is 13.4. The molecule has 7 nitrogen and oxygen atoms in total. The molecule has 1 atom stereocenters. The van der Waals surface area contributed by atoms with Gasteiger partial charge in [-0.05, 0) is 17.9 Å². The molecular formula is C21H28N4O3. The summed E-state index contributed by atoms with van der Waals surface area (Å²) in [5, 5.41) is 20.0. The van der Waals surface area contributed by atoms with Gasteiger partial charge in [0.1, 0.15) is 17.7 Å². The van der Waals surface area contributed by atoms with Crippen LogP contribution in [0.4, 0.5) is 5.82 Å². The predicted molar refractivity (Wildman–Crippen MR) is 108 cm³/mol. The average Bonchev–Trinajstić information content (AvgIpc) is 3.05. The Hall–Kier alpha value is -2.64. The molecule has 0 saturated carbocycles. The van der Waals surface area contributed by atoms with E-state index in [9.17, 15) is 15.0 Å². The van der Waals surface area contributed by atoms with Crippen LogP contribution < -0.4 is 4.90 Å². The number of aliphatic hydroxyl groups is 2. The number of anilines is 1. The quantitative estimate of drug-likeness (QED) is 0.766. The van der Waals surface area contributed by atoms with E-state index in [4.69, 9.17) is 0 Å². The van der Waals surface area contributed by atoms with Crippen molar-refractivity contribution in [3.8, 4) is 0 Å². The predicted octanol–water partition coefficient (Wildman–Crippen LogP) is 2.37. The Morgan fingerprint density at radius 3 is 2.50 bits per heavy atom. The van der Waals surface area contributed by atoms with Crippen LogP contribution in [0.3, 0.4) is 0 Å². The van der Waals surface area contributed by atoms with Gasteiger partial charge in [0.15, 0.2) is 11.5 Å². The van der Waals surface area contributed by atoms with E-state index in [1.807, 2.05) is 55.8 Å². The Morgan fingerprint density at radius 1 is 1.21 bits per heavy atom. The summed E-state index contributed by atoms with van der Waals surface area (Å²) in [6.07, 6.45) is -0.336. The van der Waals surface area contributed by atoms with Crippen molar-refractivity contribution in [2.24, 2.45) is 5.92 Å². The lowest BCUT2D eigenvalue weighted by molar-refractivity contribution is 0.0771. The van der Waals surface area contributed by atoms with Crippen molar-refractivity contribution in [3.05, 3.63) is 59.8 Å². The van der Waals surface area contributed by atoms with Gasteiger partial charge in [-0.3, -0.25) is 9.69 Å². The van der Waals surface area contributed by atoms with Gasteiger partial charge in [0.2, 0.25) is 0 Å². The molecule has 1 amide bonds. The highest BCUT2D eigenvalue weighted by atomic mass is 16.3. The molecule has 150 valence electrons. The first kappa shape index (κ1) is 20.1. The number of benzene rings is 1. The topological polar surface area (TPSA) is 81.8 Å². The molecule has 1 aromatic heterocycles. The van der Waals surface area contributed by atoms with Crippen molar-refractivity contribution >= 4 is 11.7 Å². The standard InChI is InChI=1S/C21H28N4O3/c1-14(2)18(27)20-22-19-17(25(20)13-16-9-6-5-7-10-16)21(28)24(11-8-12-26)15(3)23(19)4/h5-7,9-10,14,18,26-27H,3,8,11-13H2,1-2,4H3. The zero-order valence-electron chi connectivity index (χ0n) is 16.7. The number of hydrogen-bond acceptors (Lipinski definition) is 5. The molecule has 28 heavy (non-hydrogen) atoms. The number of imidazole rings is 1. The molecular weight excluding hydrogens is 356 g/mol. The van der Waals surface area contributed by atoms with Crippen LogP contribution in [0.25, 0.3) is 0 Å². The highest BCUT2D eigenvalue weighted by Gasteiger charge is 2.38. The number of aromatic nitrogens is 2. The molecule has 2 heterocycles. The minimum absolute atomic E-state index is 0.00573. The molecule has 2 N–H and O–H groups in total. The Kier molecular flexibility index (Phi) is 5.86. The molecule has 0 bridgehead atoms. The Labute approximate surface area is 165 Å². The van der Waals surface area contributed by atoms with Crippen LogP contribution in [0.5, 0.6) is 0 Å². The lowest BCUT2D eigenvalue weighted by Gasteiger charge is -2.35. The summed E-state index contributed by atoms with van der Waals surface area (Å²) < 4.78 is 1.81. The summed E-state index contributed by atoms with van der Waals surface area (Å²) in [7, 11) is 1.81. The summed E-state index contributed by atoms with van der Waals surface area (Å²) in [4.78, 5) is 21.3. The van der Waals surface area contributed by atoms with Crippen LogP contribution in [-0.4, -0.2) is 50.8 Å². The fourth-order valence-electron chi connectivity index (χ4n) is 3.36. The molecule has 2 aromatic rings. The van der Waals surface area contributed by atoms with Crippen molar-refractivity contribution < 1.29 is 15.0 Å². The third-order valence-electron chi connectivity index (χ3n) is 5.06. The van der Waals surface area contributed by atoms with Gasteiger partial charge in [-0.1, -0.05) is 50.8 Å². The number of hydrogen-bond donors (Lipinski definition) is 2. The first-order valence-corrected chi connectivity index (χ1v) is 9.54. The van der Waals surface area contributed by atoms with Gasteiger partial charge in [-0.25, -0.2) is 4.98 Å². The largest absolute Gasteiger partial charge is 0.396 e. The van der Waals surface area contributed by atoms with Crippen LogP contribution in [0, 0.1) is 5.92 Å². The number of nitrogens with zero attached hydrogens (tertiary/aromatic N) is 4. The number of carbonyl (C=O) groups is 1. The Balaban J connectivity index is 2.13. The number of aliphatic hydroxyl groups excluding tert-OH is 2. The van der Waals surface area contributed by atoms with Gasteiger partial charge < -0.3 is 19.7 Å². The van der Waals surface area contributed by atoms with E-state index < -0.39 is 6.10 Å². The molecule has 1 aliphatic rings. The maximum atomic E-state index is 13.3. The molecule has 3 rings (SSSR count). The van der Waals surface area contributed by atoms with Crippen molar-refractivity contribution in [1.82, 2.24) is 14.5 Å². The number of fused-ring (bicyclic) bond motifs is 1. The first-order valence-electron chi connectivity index (χ1n) is 9.54. The van der Waals surface area contributed by atoms with E-state index in [0.29, 0.717) is 42.7 Å². The summed E-state index contributed by atoms with van der Waals surface area (Å²) in [5.41, 5.74) is 1.45. The summed E-state index contributed by atoms with van der Waals surface area (Å²) in [6, 6.07) is 9.80. The smallest absolute Gasteiger partial charge is 0.279 e. The van der Waals surface area contributed by atoms with Gasteiger partial charge in [0, 0.05) is 26.7 Å². The van der Waals surface area contributed by atoms with Gasteiger partial charge >= 0.3 is 0 Å². The second-order valence-electron chi connectivity index (χ2n) is 7.41. The van der Waals surface area contributed by atoms with Crippen LogP contribution in [-0.2, 0) is 6.54 Å². The van der Waals surface area contributed by atoms with E-state index in [-0.39, 0.29) is 18.4 Å². The molecule has 0 fully saturated rings. The monoisotopic (exact) mass is 384 g/mol. The summed E-state index contributed by atoms with van der Waals surface area (Å²) in [6.45, 7) is 8.66. The normalized spacial score (nSPS) is 15.4. The van der Waals surface area contributed by atoms with Crippen LogP contribution in [0.1, 0.15) is 48.2 Å². The fraction of sp³-hybridized carbons (Fsp3) is 0.429. The highest BCUT2D eigenvalue weighted by Crippen LogP contribution is 2.35. The third-order valence-corrected chi connectivity index (χ3v) is 5.06. The second kappa shape index (κ2) is 8.16. The van der Waals surface area contributed by atoms with E-state index in [0.717, 1.165) is 5.56 Å². The molecule has 7 heteroatoms. The van der Waals surface area contributed by atoms with Crippen LogP contribution in [0.15, 0.2) is 42.7 Å². The molecule has 0 saturated heterocycles. The maximum Gasteiger partial charge on any atom is 0.279 e. The van der Waals surface area contributed by atoms with Crippen LogP contribution in [0.2, 0.25) is 0 Å². The highest BCUT2D eigenvalue weighted by molar-refractivity contribution is 6.01. The summed E-state index contributed by atoms with van der Waals surface area (Å²) >= 11 is 0. The average molecular weight is 384 g/mol. The number of carbonyl (C=O) groups excluding carboxylic acids is 1. The summed E-state index contributed by atoms with van der Waals surface area (Å²) in [5.74, 6) is 1.23. The molecule has 1 unspecified atom stereocenters. The SMILES string of the molecule is C=C1N(CCCO)C(=O)c2c(nc(C(O)C(C)C)n2Cc2ccccc2)N1C. The van der Waals surface area contributed by atoms with E-state index >= 15 is 0 Å². The van der Waals surface area contributed by atoms with Gasteiger partial charge in [0.25, 0.3) is 5.91 Å². The molecule has 1 aromatic carbocycles. The number of rotatable bonds is 7. The lowest BCUT2D eigenvalue weighted by atomic mass is 10.1. The van der Waals surface area contributed by atoms with Gasteiger partial charge in [-0.2, -0.15) is 0 Å². The van der Waals surface area contributed by atoms with Crippen molar-refractivity contribution in [1.29, 1.82) is 0 Å². The zero-order chi connectivity index (χ0) is 20.4. The Morgan fingerprint density at radius 2 is 1.89 bits per heavy atom. The third kappa shape index (κ3) is 3.55. The van der Waals surface area contributed by atoms with E-state index in [1.54, 1.807) is 9.80 Å². The van der Waals surface area contributed by atoms with Crippen molar-refractivity contribution in [2.75, 3.05) is 25.1 Å². The van der Waals surface area contributed by atoms with Gasteiger partial charge in [-0.15, -0.1) is 0 Å². The van der Waals surface area contributed by atoms with Crippen LogP contribution >= 0.6 is 0 Å². The lowest BCUT2D eigenvalue weighted by Crippen LogP contribution is -2.44. The minimum atomic E-state index is -0.797. The number of amides is 1.